The summed E-state index contributed by atoms with van der Waals surface area (Å²) in [4.78, 5) is 0. The number of ether oxygens (including phenoxy) is 1. The Bertz CT molecular complexity index is 539. The number of nitrogens with one attached hydrogen (secondary N) is 1. The Morgan fingerprint density at radius 1 is 1.26 bits per heavy atom. The van der Waals surface area contributed by atoms with Crippen LogP contribution in [0.3, 0.4) is 0 Å². The number of phenols is 1. The number of rotatable bonds is 6. The molecular formula is C14H17NO3S. The van der Waals surface area contributed by atoms with Crippen molar-refractivity contribution in [3.05, 3.63) is 41.9 Å². The molecule has 0 atom stereocenters. The van der Waals surface area contributed by atoms with E-state index >= 15 is 0 Å². The number of anilines is 1. The average molecular weight is 279 g/mol. The Morgan fingerprint density at radius 3 is 2.74 bits per heavy atom. The van der Waals surface area contributed by atoms with Crippen molar-refractivity contribution in [2.75, 3.05) is 18.7 Å². The fraction of sp³-hybridized carbons (Fsp3) is 0.286. The number of furan rings is 1. The SMILES string of the molecule is COc1ccc(NCc2ccc(CSC)o2)cc1O. The molecule has 2 N–H and O–H groups in total. The van der Waals surface area contributed by atoms with Crippen molar-refractivity contribution < 1.29 is 14.3 Å². The average Bonchev–Trinajstić information content (AvgIpc) is 2.85. The van der Waals surface area contributed by atoms with E-state index in [0.29, 0.717) is 12.3 Å². The lowest BCUT2D eigenvalue weighted by Gasteiger charge is -2.07. The third-order valence-corrected chi connectivity index (χ3v) is 3.22. The van der Waals surface area contributed by atoms with Crippen molar-refractivity contribution >= 4 is 17.4 Å². The molecule has 0 aliphatic heterocycles. The maximum atomic E-state index is 9.67. The molecule has 4 nitrogen and oxygen atoms in total. The van der Waals surface area contributed by atoms with Crippen LogP contribution in [0, 0.1) is 0 Å². The zero-order valence-corrected chi connectivity index (χ0v) is 11.8. The van der Waals surface area contributed by atoms with Gasteiger partial charge in [-0.2, -0.15) is 11.8 Å². The van der Waals surface area contributed by atoms with Crippen LogP contribution in [0.4, 0.5) is 5.69 Å². The van der Waals surface area contributed by atoms with Gasteiger partial charge in [0.15, 0.2) is 11.5 Å². The summed E-state index contributed by atoms with van der Waals surface area (Å²) >= 11 is 1.73. The number of methoxy groups -OCH3 is 1. The molecule has 2 rings (SSSR count). The first kappa shape index (κ1) is 13.7. The van der Waals surface area contributed by atoms with Crippen LogP contribution in [0.1, 0.15) is 11.5 Å². The molecule has 5 heteroatoms. The van der Waals surface area contributed by atoms with Gasteiger partial charge in [0.1, 0.15) is 11.5 Å². The summed E-state index contributed by atoms with van der Waals surface area (Å²) in [5, 5.41) is 12.9. The van der Waals surface area contributed by atoms with Gasteiger partial charge < -0.3 is 19.6 Å². The lowest BCUT2D eigenvalue weighted by Crippen LogP contribution is -1.98. The molecule has 2 aromatic rings. The van der Waals surface area contributed by atoms with E-state index in [0.717, 1.165) is 23.0 Å². The van der Waals surface area contributed by atoms with Gasteiger partial charge in [-0.25, -0.2) is 0 Å². The van der Waals surface area contributed by atoms with E-state index < -0.39 is 0 Å². The summed E-state index contributed by atoms with van der Waals surface area (Å²) < 4.78 is 10.6. The van der Waals surface area contributed by atoms with Crippen LogP contribution >= 0.6 is 11.8 Å². The van der Waals surface area contributed by atoms with E-state index in [2.05, 4.69) is 5.32 Å². The molecule has 0 spiro atoms. The molecule has 0 unspecified atom stereocenters. The van der Waals surface area contributed by atoms with Gasteiger partial charge in [0.05, 0.1) is 19.4 Å². The molecule has 0 radical (unpaired) electrons. The summed E-state index contributed by atoms with van der Waals surface area (Å²) in [6, 6.07) is 9.15. The van der Waals surface area contributed by atoms with Gasteiger partial charge in [-0.15, -0.1) is 0 Å². The van der Waals surface area contributed by atoms with Crippen molar-refractivity contribution in [2.45, 2.75) is 12.3 Å². The van der Waals surface area contributed by atoms with Crippen LogP contribution in [0.25, 0.3) is 0 Å². The van der Waals surface area contributed by atoms with Crippen LogP contribution in [-0.4, -0.2) is 18.5 Å². The number of thioether (sulfide) groups is 1. The first-order valence-corrected chi connectivity index (χ1v) is 7.29. The topological polar surface area (TPSA) is 54.6 Å². The number of benzene rings is 1. The summed E-state index contributed by atoms with van der Waals surface area (Å²) in [5.41, 5.74) is 0.820. The molecule has 0 saturated heterocycles. The zero-order chi connectivity index (χ0) is 13.7. The lowest BCUT2D eigenvalue weighted by atomic mass is 10.2. The van der Waals surface area contributed by atoms with Crippen LogP contribution in [-0.2, 0) is 12.3 Å². The smallest absolute Gasteiger partial charge is 0.160 e. The Kier molecular flexibility index (Phi) is 4.63. The second-order valence-corrected chi connectivity index (χ2v) is 4.91. The van der Waals surface area contributed by atoms with E-state index in [1.54, 1.807) is 23.9 Å². The van der Waals surface area contributed by atoms with Crippen molar-refractivity contribution in [1.29, 1.82) is 0 Å². The minimum absolute atomic E-state index is 0.120. The zero-order valence-electron chi connectivity index (χ0n) is 11.0. The maximum absolute atomic E-state index is 9.67. The van der Waals surface area contributed by atoms with E-state index in [4.69, 9.17) is 9.15 Å². The number of aromatic hydroxyl groups is 1. The third-order valence-electron chi connectivity index (χ3n) is 2.65. The highest BCUT2D eigenvalue weighted by molar-refractivity contribution is 7.97. The number of phenolic OH excluding ortho intramolecular Hbond substituents is 1. The predicted octanol–water partition coefficient (Wildman–Crippen LogP) is 3.47. The minimum Gasteiger partial charge on any atom is -0.504 e. The summed E-state index contributed by atoms with van der Waals surface area (Å²) in [6.07, 6.45) is 2.04. The van der Waals surface area contributed by atoms with Gasteiger partial charge in [-0.05, 0) is 30.5 Å². The van der Waals surface area contributed by atoms with Gasteiger partial charge >= 0.3 is 0 Å². The molecule has 1 heterocycles. The first-order valence-electron chi connectivity index (χ1n) is 5.90. The van der Waals surface area contributed by atoms with Gasteiger partial charge in [-0.1, -0.05) is 0 Å². The molecule has 1 aromatic heterocycles. The van der Waals surface area contributed by atoms with Gasteiger partial charge in [0.25, 0.3) is 0 Å². The van der Waals surface area contributed by atoms with E-state index in [1.807, 2.05) is 24.5 Å². The van der Waals surface area contributed by atoms with E-state index in [9.17, 15) is 5.11 Å². The number of hydrogen-bond acceptors (Lipinski definition) is 5. The summed E-state index contributed by atoms with van der Waals surface area (Å²) in [6.45, 7) is 0.583. The van der Waals surface area contributed by atoms with Gasteiger partial charge in [-0.3, -0.25) is 0 Å². The number of hydrogen-bond donors (Lipinski definition) is 2. The highest BCUT2D eigenvalue weighted by atomic mass is 32.2. The van der Waals surface area contributed by atoms with Crippen LogP contribution < -0.4 is 10.1 Å². The van der Waals surface area contributed by atoms with Crippen LogP contribution in [0.5, 0.6) is 11.5 Å². The highest BCUT2D eigenvalue weighted by Crippen LogP contribution is 2.28. The quantitative estimate of drug-likeness (QED) is 0.848. The molecular weight excluding hydrogens is 262 g/mol. The highest BCUT2D eigenvalue weighted by Gasteiger charge is 2.04. The summed E-state index contributed by atoms with van der Waals surface area (Å²) in [7, 11) is 1.53. The molecule has 0 fully saturated rings. The Morgan fingerprint density at radius 2 is 2.05 bits per heavy atom. The molecule has 0 amide bonds. The largest absolute Gasteiger partial charge is 0.504 e. The Hall–Kier alpha value is -1.75. The van der Waals surface area contributed by atoms with Crippen LogP contribution in [0.2, 0.25) is 0 Å². The standard InChI is InChI=1S/C14H17NO3S/c1-17-14-6-3-10(7-13(14)16)15-8-11-4-5-12(18-11)9-19-2/h3-7,15-16H,8-9H2,1-2H3. The van der Waals surface area contributed by atoms with Crippen molar-refractivity contribution in [1.82, 2.24) is 0 Å². The molecule has 102 valence electrons. The monoisotopic (exact) mass is 279 g/mol. The van der Waals surface area contributed by atoms with Crippen molar-refractivity contribution in [3.8, 4) is 11.5 Å². The second-order valence-electron chi connectivity index (χ2n) is 4.04. The second kappa shape index (κ2) is 6.43. The molecule has 19 heavy (non-hydrogen) atoms. The lowest BCUT2D eigenvalue weighted by molar-refractivity contribution is 0.373. The van der Waals surface area contributed by atoms with Gasteiger partial charge in [0, 0.05) is 11.8 Å². The summed E-state index contributed by atoms with van der Waals surface area (Å²) in [5.74, 6) is 3.31. The van der Waals surface area contributed by atoms with E-state index in [1.165, 1.54) is 7.11 Å². The fourth-order valence-electron chi connectivity index (χ4n) is 1.73. The minimum atomic E-state index is 0.120. The van der Waals surface area contributed by atoms with Gasteiger partial charge in [0.2, 0.25) is 0 Å². The molecule has 0 saturated carbocycles. The fourth-order valence-corrected chi connectivity index (χ4v) is 2.17. The maximum Gasteiger partial charge on any atom is 0.160 e. The predicted molar refractivity (Wildman–Crippen MR) is 77.9 cm³/mol. The third kappa shape index (κ3) is 3.61. The van der Waals surface area contributed by atoms with Crippen molar-refractivity contribution in [2.24, 2.45) is 0 Å². The Balaban J connectivity index is 1.95. The Labute approximate surface area is 116 Å². The normalized spacial score (nSPS) is 10.4. The first-order chi connectivity index (χ1) is 9.22. The van der Waals surface area contributed by atoms with Crippen molar-refractivity contribution in [3.63, 3.8) is 0 Å². The van der Waals surface area contributed by atoms with E-state index in [-0.39, 0.29) is 5.75 Å². The molecule has 0 bridgehead atoms. The molecule has 0 aliphatic carbocycles. The molecule has 1 aromatic carbocycles. The molecule has 0 aliphatic rings. The van der Waals surface area contributed by atoms with Crippen LogP contribution in [0.15, 0.2) is 34.7 Å².